The SMILES string of the molecule is CC(=O)N1CCN(C(=O)CCc2cc(Cl)no2)C[C@H](C(N)=O)C1. The highest BCUT2D eigenvalue weighted by Gasteiger charge is 2.29. The van der Waals surface area contributed by atoms with E-state index >= 15 is 0 Å². The second-order valence-corrected chi connectivity index (χ2v) is 5.91. The van der Waals surface area contributed by atoms with E-state index in [1.807, 2.05) is 0 Å². The fourth-order valence-electron chi connectivity index (χ4n) is 2.50. The van der Waals surface area contributed by atoms with E-state index in [1.165, 1.54) is 6.92 Å². The van der Waals surface area contributed by atoms with Crippen molar-refractivity contribution in [2.24, 2.45) is 11.7 Å². The Morgan fingerprint density at radius 2 is 2.00 bits per heavy atom. The van der Waals surface area contributed by atoms with Gasteiger partial charge < -0.3 is 20.1 Å². The molecule has 0 spiro atoms. The highest BCUT2D eigenvalue weighted by molar-refractivity contribution is 6.29. The molecule has 126 valence electrons. The number of aryl methyl sites for hydroxylation is 1. The lowest BCUT2D eigenvalue weighted by atomic mass is 10.1. The molecule has 8 nitrogen and oxygen atoms in total. The average Bonchev–Trinajstić information content (AvgIpc) is 2.77. The van der Waals surface area contributed by atoms with Crippen LogP contribution < -0.4 is 5.73 Å². The third-order valence-electron chi connectivity index (χ3n) is 3.84. The van der Waals surface area contributed by atoms with Gasteiger partial charge in [-0.05, 0) is 0 Å². The number of nitrogens with zero attached hydrogens (tertiary/aromatic N) is 3. The fraction of sp³-hybridized carbons (Fsp3) is 0.571. The van der Waals surface area contributed by atoms with Crippen LogP contribution in [0, 0.1) is 5.92 Å². The van der Waals surface area contributed by atoms with Gasteiger partial charge in [0.15, 0.2) is 5.15 Å². The summed E-state index contributed by atoms with van der Waals surface area (Å²) in [5.74, 6) is -0.825. The first-order chi connectivity index (χ1) is 10.9. The molecule has 1 saturated heterocycles. The Morgan fingerprint density at radius 3 is 2.57 bits per heavy atom. The summed E-state index contributed by atoms with van der Waals surface area (Å²) in [6.45, 7) is 2.66. The maximum Gasteiger partial charge on any atom is 0.224 e. The van der Waals surface area contributed by atoms with Crippen LogP contribution in [-0.2, 0) is 20.8 Å². The van der Waals surface area contributed by atoms with Gasteiger partial charge >= 0.3 is 0 Å². The Hall–Kier alpha value is -2.09. The molecule has 0 radical (unpaired) electrons. The molecule has 1 aliphatic rings. The van der Waals surface area contributed by atoms with Crippen LogP contribution in [-0.4, -0.2) is 58.9 Å². The zero-order valence-electron chi connectivity index (χ0n) is 12.8. The van der Waals surface area contributed by atoms with Gasteiger partial charge in [-0.2, -0.15) is 0 Å². The first-order valence-electron chi connectivity index (χ1n) is 7.30. The van der Waals surface area contributed by atoms with Crippen LogP contribution in [0.4, 0.5) is 0 Å². The number of aromatic nitrogens is 1. The van der Waals surface area contributed by atoms with Crippen molar-refractivity contribution >= 4 is 29.3 Å². The molecule has 0 aliphatic carbocycles. The number of rotatable bonds is 4. The van der Waals surface area contributed by atoms with Crippen LogP contribution in [0.1, 0.15) is 19.1 Å². The van der Waals surface area contributed by atoms with Crippen molar-refractivity contribution in [2.75, 3.05) is 26.2 Å². The second-order valence-electron chi connectivity index (χ2n) is 5.52. The summed E-state index contributed by atoms with van der Waals surface area (Å²) in [7, 11) is 0. The molecule has 0 unspecified atom stereocenters. The minimum absolute atomic E-state index is 0.130. The normalized spacial score (nSPS) is 18.6. The third-order valence-corrected chi connectivity index (χ3v) is 4.02. The predicted molar refractivity (Wildman–Crippen MR) is 81.4 cm³/mol. The van der Waals surface area contributed by atoms with Crippen molar-refractivity contribution in [1.82, 2.24) is 15.0 Å². The number of amides is 3. The number of halogens is 1. The standard InChI is InChI=1S/C14H19ClN4O4/c1-9(20)18-4-5-19(8-10(7-18)14(16)22)13(21)3-2-11-6-12(15)17-23-11/h6,10H,2-5,7-8H2,1H3,(H2,16,22)/t10-/m1/s1. The van der Waals surface area contributed by atoms with Crippen molar-refractivity contribution in [3.63, 3.8) is 0 Å². The Bertz CT molecular complexity index is 603. The highest BCUT2D eigenvalue weighted by atomic mass is 35.5. The minimum Gasteiger partial charge on any atom is -0.369 e. The molecule has 0 bridgehead atoms. The van der Waals surface area contributed by atoms with Crippen LogP contribution in [0.15, 0.2) is 10.6 Å². The largest absolute Gasteiger partial charge is 0.369 e. The van der Waals surface area contributed by atoms with Gasteiger partial charge in [0, 0.05) is 52.0 Å². The molecular weight excluding hydrogens is 324 g/mol. The molecule has 2 rings (SSSR count). The number of carbonyl (C=O) groups excluding carboxylic acids is 3. The Kier molecular flexibility index (Phi) is 5.59. The molecule has 2 heterocycles. The number of nitrogens with two attached hydrogens (primary N) is 1. The quantitative estimate of drug-likeness (QED) is 0.831. The Labute approximate surface area is 138 Å². The van der Waals surface area contributed by atoms with Crippen LogP contribution >= 0.6 is 11.6 Å². The number of hydrogen-bond donors (Lipinski definition) is 1. The van der Waals surface area contributed by atoms with Gasteiger partial charge in [0.1, 0.15) is 5.76 Å². The average molecular weight is 343 g/mol. The summed E-state index contributed by atoms with van der Waals surface area (Å²) < 4.78 is 4.95. The molecule has 1 atom stereocenters. The first-order valence-corrected chi connectivity index (χ1v) is 7.68. The van der Waals surface area contributed by atoms with Crippen LogP contribution in [0.25, 0.3) is 0 Å². The molecule has 3 amide bonds. The fourth-order valence-corrected chi connectivity index (χ4v) is 2.66. The smallest absolute Gasteiger partial charge is 0.224 e. The molecular formula is C14H19ClN4O4. The van der Waals surface area contributed by atoms with Crippen molar-refractivity contribution in [1.29, 1.82) is 0 Å². The van der Waals surface area contributed by atoms with Gasteiger partial charge in [0.25, 0.3) is 0 Å². The molecule has 23 heavy (non-hydrogen) atoms. The van der Waals surface area contributed by atoms with Gasteiger partial charge in [0.2, 0.25) is 17.7 Å². The van der Waals surface area contributed by atoms with Crippen LogP contribution in [0.3, 0.4) is 0 Å². The summed E-state index contributed by atoms with van der Waals surface area (Å²) >= 11 is 5.66. The van der Waals surface area contributed by atoms with Crippen LogP contribution in [0.2, 0.25) is 5.15 Å². The van der Waals surface area contributed by atoms with Crippen LogP contribution in [0.5, 0.6) is 0 Å². The zero-order valence-corrected chi connectivity index (χ0v) is 13.6. The Morgan fingerprint density at radius 1 is 1.35 bits per heavy atom. The molecule has 9 heteroatoms. The summed E-state index contributed by atoms with van der Waals surface area (Å²) in [5, 5.41) is 3.79. The Balaban J connectivity index is 1.98. The van der Waals surface area contributed by atoms with E-state index in [0.717, 1.165) is 0 Å². The van der Waals surface area contributed by atoms with Crippen molar-refractivity contribution in [3.8, 4) is 0 Å². The predicted octanol–water partition coefficient (Wildman–Crippen LogP) is 0.0528. The van der Waals surface area contributed by atoms with Gasteiger partial charge in [-0.1, -0.05) is 16.8 Å². The molecule has 0 saturated carbocycles. The van der Waals surface area contributed by atoms with E-state index < -0.39 is 11.8 Å². The van der Waals surface area contributed by atoms with E-state index in [1.54, 1.807) is 15.9 Å². The second kappa shape index (κ2) is 7.45. The topological polar surface area (TPSA) is 110 Å². The molecule has 1 fully saturated rings. The lowest BCUT2D eigenvalue weighted by molar-refractivity contribution is -0.132. The lowest BCUT2D eigenvalue weighted by Gasteiger charge is -2.22. The molecule has 1 aromatic heterocycles. The molecule has 0 aromatic carbocycles. The van der Waals surface area contributed by atoms with E-state index in [4.69, 9.17) is 21.9 Å². The lowest BCUT2D eigenvalue weighted by Crippen LogP contribution is -2.40. The van der Waals surface area contributed by atoms with E-state index in [-0.39, 0.29) is 36.5 Å². The zero-order chi connectivity index (χ0) is 17.0. The number of carbonyl (C=O) groups is 3. The van der Waals surface area contributed by atoms with E-state index in [2.05, 4.69) is 5.16 Å². The number of hydrogen-bond acceptors (Lipinski definition) is 5. The van der Waals surface area contributed by atoms with Gasteiger partial charge in [-0.15, -0.1) is 0 Å². The monoisotopic (exact) mass is 342 g/mol. The number of primary amides is 1. The van der Waals surface area contributed by atoms with Gasteiger partial charge in [-0.25, -0.2) is 0 Å². The van der Waals surface area contributed by atoms with Crippen molar-refractivity contribution in [3.05, 3.63) is 17.0 Å². The van der Waals surface area contributed by atoms with Gasteiger partial charge in [-0.3, -0.25) is 14.4 Å². The highest BCUT2D eigenvalue weighted by Crippen LogP contribution is 2.14. The molecule has 1 aromatic rings. The summed E-state index contributed by atoms with van der Waals surface area (Å²) in [6, 6.07) is 1.56. The van der Waals surface area contributed by atoms with Crippen molar-refractivity contribution < 1.29 is 18.9 Å². The maximum absolute atomic E-state index is 12.4. The van der Waals surface area contributed by atoms with E-state index in [0.29, 0.717) is 25.3 Å². The maximum atomic E-state index is 12.4. The molecule has 2 N–H and O–H groups in total. The summed E-state index contributed by atoms with van der Waals surface area (Å²) in [6.07, 6.45) is 0.573. The van der Waals surface area contributed by atoms with Gasteiger partial charge in [0.05, 0.1) is 5.92 Å². The summed E-state index contributed by atoms with van der Waals surface area (Å²) in [4.78, 5) is 38.5. The molecule has 1 aliphatic heterocycles. The first kappa shape index (κ1) is 17.3. The van der Waals surface area contributed by atoms with Crippen molar-refractivity contribution in [2.45, 2.75) is 19.8 Å². The van der Waals surface area contributed by atoms with E-state index in [9.17, 15) is 14.4 Å². The minimum atomic E-state index is -0.565. The third kappa shape index (κ3) is 4.69. The summed E-state index contributed by atoms with van der Waals surface area (Å²) in [5.41, 5.74) is 5.38.